The lowest BCUT2D eigenvalue weighted by atomic mass is 10.2. The molecule has 0 spiro atoms. The molecule has 6 heteroatoms. The average Bonchev–Trinajstić information content (AvgIpc) is 2.64. The van der Waals surface area contributed by atoms with Gasteiger partial charge in [-0.1, -0.05) is 30.3 Å². The lowest BCUT2D eigenvalue weighted by Crippen LogP contribution is -2.45. The molecule has 1 aliphatic heterocycles. The first-order valence-corrected chi connectivity index (χ1v) is 8.85. The van der Waals surface area contributed by atoms with E-state index in [2.05, 4.69) is 21.9 Å². The van der Waals surface area contributed by atoms with Crippen LogP contribution in [0, 0.1) is 0 Å². The average molecular weight is 342 g/mol. The van der Waals surface area contributed by atoms with Gasteiger partial charge in [-0.05, 0) is 19.0 Å². The molecule has 0 saturated carbocycles. The molecule has 0 amide bonds. The Bertz CT molecular complexity index is 709. The van der Waals surface area contributed by atoms with Crippen molar-refractivity contribution in [3.63, 3.8) is 0 Å². The summed E-state index contributed by atoms with van der Waals surface area (Å²) in [7, 11) is 2.12. The number of ether oxygens (including phenoxy) is 1. The van der Waals surface area contributed by atoms with Crippen LogP contribution in [0.5, 0.6) is 0 Å². The van der Waals surface area contributed by atoms with Crippen LogP contribution in [0.3, 0.4) is 0 Å². The van der Waals surface area contributed by atoms with E-state index in [1.54, 1.807) is 12.3 Å². The number of piperazine rings is 1. The van der Waals surface area contributed by atoms with Gasteiger partial charge in [-0.2, -0.15) is 5.10 Å². The van der Waals surface area contributed by atoms with Crippen molar-refractivity contribution in [1.82, 2.24) is 14.7 Å². The fourth-order valence-corrected chi connectivity index (χ4v) is 2.91. The number of nitrogens with zero attached hydrogens (tertiary/aromatic N) is 4. The molecule has 6 nitrogen and oxygen atoms in total. The molecule has 1 saturated heterocycles. The fraction of sp³-hybridized carbons (Fsp3) is 0.474. The van der Waals surface area contributed by atoms with Crippen LogP contribution in [0.15, 0.2) is 47.4 Å². The van der Waals surface area contributed by atoms with Gasteiger partial charge in [0.25, 0.3) is 5.56 Å². The molecule has 0 aliphatic carbocycles. The van der Waals surface area contributed by atoms with Gasteiger partial charge in [0.05, 0.1) is 18.5 Å². The van der Waals surface area contributed by atoms with Crippen LogP contribution >= 0.6 is 0 Å². The minimum absolute atomic E-state index is 0.0421. The Hall–Kier alpha value is -2.18. The lowest BCUT2D eigenvalue weighted by molar-refractivity contribution is 0.114. The van der Waals surface area contributed by atoms with Crippen LogP contribution in [0.25, 0.3) is 0 Å². The monoisotopic (exact) mass is 342 g/mol. The molecule has 2 aromatic rings. The number of benzene rings is 1. The van der Waals surface area contributed by atoms with Gasteiger partial charge in [0.1, 0.15) is 0 Å². The SMILES string of the molecule is CN1CCN(c2cnn(CCCOCc3ccccc3)c(=O)c2)CC1. The van der Waals surface area contributed by atoms with Crippen LogP contribution < -0.4 is 10.5 Å². The summed E-state index contributed by atoms with van der Waals surface area (Å²) >= 11 is 0. The Kier molecular flexibility index (Phi) is 6.19. The van der Waals surface area contributed by atoms with Crippen LogP contribution in [0.1, 0.15) is 12.0 Å². The van der Waals surface area contributed by atoms with E-state index in [1.807, 2.05) is 30.3 Å². The van der Waals surface area contributed by atoms with Crippen molar-refractivity contribution >= 4 is 5.69 Å². The third-order valence-electron chi connectivity index (χ3n) is 4.49. The van der Waals surface area contributed by atoms with Gasteiger partial charge >= 0.3 is 0 Å². The molecule has 0 unspecified atom stereocenters. The van der Waals surface area contributed by atoms with Gasteiger partial charge in [-0.15, -0.1) is 0 Å². The number of hydrogen-bond donors (Lipinski definition) is 0. The molecule has 1 fully saturated rings. The normalized spacial score (nSPS) is 15.5. The fourth-order valence-electron chi connectivity index (χ4n) is 2.91. The van der Waals surface area contributed by atoms with Crippen molar-refractivity contribution in [3.05, 3.63) is 58.5 Å². The highest BCUT2D eigenvalue weighted by atomic mass is 16.5. The van der Waals surface area contributed by atoms with Crippen molar-refractivity contribution in [2.24, 2.45) is 0 Å². The van der Waals surface area contributed by atoms with Gasteiger partial charge in [-0.3, -0.25) is 4.79 Å². The number of rotatable bonds is 7. The van der Waals surface area contributed by atoms with Crippen molar-refractivity contribution in [3.8, 4) is 0 Å². The van der Waals surface area contributed by atoms with Crippen molar-refractivity contribution in [2.75, 3.05) is 44.7 Å². The largest absolute Gasteiger partial charge is 0.377 e. The van der Waals surface area contributed by atoms with E-state index in [9.17, 15) is 4.79 Å². The second kappa shape index (κ2) is 8.78. The molecule has 2 heterocycles. The molecule has 3 rings (SSSR count). The van der Waals surface area contributed by atoms with Crippen molar-refractivity contribution in [1.29, 1.82) is 0 Å². The summed E-state index contributed by atoms with van der Waals surface area (Å²) in [5, 5.41) is 4.32. The Morgan fingerprint density at radius 3 is 2.60 bits per heavy atom. The summed E-state index contributed by atoms with van der Waals surface area (Å²) in [4.78, 5) is 16.8. The molecule has 25 heavy (non-hydrogen) atoms. The standard InChI is InChI=1S/C19H26N4O2/c1-21-9-11-22(12-10-21)18-14-19(24)23(20-15-18)8-5-13-25-16-17-6-3-2-4-7-17/h2-4,6-7,14-15H,5,8-13,16H2,1H3. The molecule has 0 N–H and O–H groups in total. The first-order chi connectivity index (χ1) is 12.2. The van der Waals surface area contributed by atoms with Gasteiger partial charge in [-0.25, -0.2) is 4.68 Å². The van der Waals surface area contributed by atoms with Crippen LogP contribution in [-0.2, 0) is 17.9 Å². The highest BCUT2D eigenvalue weighted by molar-refractivity contribution is 5.43. The van der Waals surface area contributed by atoms with Crippen molar-refractivity contribution < 1.29 is 4.74 Å². The van der Waals surface area contributed by atoms with E-state index < -0.39 is 0 Å². The summed E-state index contributed by atoms with van der Waals surface area (Å²) in [6, 6.07) is 11.8. The second-order valence-corrected chi connectivity index (χ2v) is 6.46. The van der Waals surface area contributed by atoms with E-state index >= 15 is 0 Å². The summed E-state index contributed by atoms with van der Waals surface area (Å²) in [5.74, 6) is 0. The van der Waals surface area contributed by atoms with Gasteiger partial charge < -0.3 is 14.5 Å². The zero-order valence-electron chi connectivity index (χ0n) is 14.8. The van der Waals surface area contributed by atoms with Crippen molar-refractivity contribution in [2.45, 2.75) is 19.6 Å². The zero-order valence-corrected chi connectivity index (χ0v) is 14.8. The van der Waals surface area contributed by atoms with E-state index in [0.29, 0.717) is 19.8 Å². The molecular formula is C19H26N4O2. The Morgan fingerprint density at radius 2 is 1.88 bits per heavy atom. The number of aromatic nitrogens is 2. The first kappa shape index (κ1) is 17.6. The predicted octanol–water partition coefficient (Wildman–Crippen LogP) is 1.60. The molecule has 1 aromatic heterocycles. The third kappa shape index (κ3) is 5.14. The summed E-state index contributed by atoms with van der Waals surface area (Å²) < 4.78 is 7.17. The molecule has 1 aliphatic rings. The number of likely N-dealkylation sites (N-methyl/N-ethyl adjacent to an activating group) is 1. The summed E-state index contributed by atoms with van der Waals surface area (Å²) in [5.41, 5.74) is 2.04. The van der Waals surface area contributed by atoms with E-state index in [1.165, 1.54) is 4.68 Å². The van der Waals surface area contributed by atoms with Gasteiger partial charge in [0.2, 0.25) is 0 Å². The van der Waals surface area contributed by atoms with Crippen LogP contribution in [0.4, 0.5) is 5.69 Å². The lowest BCUT2D eigenvalue weighted by Gasteiger charge is -2.33. The molecule has 0 bridgehead atoms. The number of hydrogen-bond acceptors (Lipinski definition) is 5. The highest BCUT2D eigenvalue weighted by Crippen LogP contribution is 2.12. The molecule has 0 atom stereocenters. The Morgan fingerprint density at radius 1 is 1.12 bits per heavy atom. The minimum atomic E-state index is -0.0421. The molecule has 134 valence electrons. The summed E-state index contributed by atoms with van der Waals surface area (Å²) in [6.07, 6.45) is 2.57. The summed E-state index contributed by atoms with van der Waals surface area (Å²) in [6.45, 7) is 5.71. The van der Waals surface area contributed by atoms with Crippen LogP contribution in [0.2, 0.25) is 0 Å². The maximum atomic E-state index is 12.3. The topological polar surface area (TPSA) is 50.6 Å². The van der Waals surface area contributed by atoms with Gasteiger partial charge in [0, 0.05) is 45.4 Å². The van der Waals surface area contributed by atoms with Gasteiger partial charge in [0.15, 0.2) is 0 Å². The first-order valence-electron chi connectivity index (χ1n) is 8.85. The maximum absolute atomic E-state index is 12.3. The number of anilines is 1. The minimum Gasteiger partial charge on any atom is -0.377 e. The molecule has 1 aromatic carbocycles. The van der Waals surface area contributed by atoms with E-state index in [-0.39, 0.29) is 5.56 Å². The van der Waals surface area contributed by atoms with Crippen LogP contribution in [-0.4, -0.2) is 54.5 Å². The predicted molar refractivity (Wildman–Crippen MR) is 98.9 cm³/mol. The maximum Gasteiger partial charge on any atom is 0.268 e. The molecular weight excluding hydrogens is 316 g/mol. The zero-order chi connectivity index (χ0) is 17.5. The van der Waals surface area contributed by atoms with E-state index in [4.69, 9.17) is 4.74 Å². The Labute approximate surface area is 148 Å². The van der Waals surface area contributed by atoms with E-state index in [0.717, 1.165) is 43.9 Å². The quantitative estimate of drug-likeness (QED) is 0.716. The number of aryl methyl sites for hydroxylation is 1. The molecule has 0 radical (unpaired) electrons. The highest BCUT2D eigenvalue weighted by Gasteiger charge is 2.15. The Balaban J connectivity index is 1.44. The smallest absolute Gasteiger partial charge is 0.268 e. The second-order valence-electron chi connectivity index (χ2n) is 6.46. The third-order valence-corrected chi connectivity index (χ3v) is 4.49.